The van der Waals surface area contributed by atoms with Crippen LogP contribution < -0.4 is 20.3 Å². The van der Waals surface area contributed by atoms with Crippen molar-refractivity contribution in [3.8, 4) is 11.5 Å². The fraction of sp³-hybridized carbons (Fsp3) is 0.150. The minimum atomic E-state index is -4.87. The fourth-order valence-electron chi connectivity index (χ4n) is 3.37. The lowest BCUT2D eigenvalue weighted by Gasteiger charge is -2.13. The molecule has 0 bridgehead atoms. The van der Waals surface area contributed by atoms with Crippen LogP contribution in [0.3, 0.4) is 0 Å². The van der Waals surface area contributed by atoms with Gasteiger partial charge >= 0.3 is 0 Å². The number of nitrogens with one attached hydrogen (secondary N) is 2. The van der Waals surface area contributed by atoms with Crippen molar-refractivity contribution in [3.05, 3.63) is 36.4 Å². The van der Waals surface area contributed by atoms with Gasteiger partial charge in [0.05, 0.1) is 18.5 Å². The second kappa shape index (κ2) is 11.5. The molecule has 3 rings (SSSR count). The van der Waals surface area contributed by atoms with Crippen molar-refractivity contribution in [2.24, 2.45) is 10.2 Å². The van der Waals surface area contributed by atoms with Gasteiger partial charge in [-0.15, -0.1) is 14.6 Å². The smallest absolute Gasteiger partial charge is 0.295 e. The molecule has 38 heavy (non-hydrogen) atoms. The molecule has 4 N–H and O–H groups in total. The molecule has 0 saturated heterocycles. The molecule has 0 aliphatic carbocycles. The Morgan fingerprint density at radius 1 is 0.895 bits per heavy atom. The lowest BCUT2D eigenvalue weighted by molar-refractivity contribution is -0.402. The van der Waals surface area contributed by atoms with E-state index < -0.39 is 35.9 Å². The number of nitrogens with zero attached hydrogens (tertiary/aromatic N) is 2. The number of thiol groups is 1. The number of ether oxygens (including phenoxy) is 1. The second-order valence-corrected chi connectivity index (χ2v) is 10.2. The van der Waals surface area contributed by atoms with Gasteiger partial charge in [0.1, 0.15) is 26.9 Å². The van der Waals surface area contributed by atoms with Gasteiger partial charge in [0, 0.05) is 43.7 Å². The maximum atomic E-state index is 12.0. The topological polar surface area (TPSA) is 212 Å². The highest BCUT2D eigenvalue weighted by molar-refractivity contribution is 7.86. The molecular weight excluding hydrogens is 568 g/mol. The maximum Gasteiger partial charge on any atom is 0.295 e. The summed E-state index contributed by atoms with van der Waals surface area (Å²) < 4.78 is 76.5. The first-order valence-electron chi connectivity index (χ1n) is 10.1. The zero-order valence-corrected chi connectivity index (χ0v) is 22.2. The van der Waals surface area contributed by atoms with Gasteiger partial charge in [-0.05, 0) is 35.4 Å². The average molecular weight is 589 g/mol. The van der Waals surface area contributed by atoms with Gasteiger partial charge in [-0.25, -0.2) is 0 Å². The molecule has 0 fully saturated rings. The van der Waals surface area contributed by atoms with Crippen LogP contribution in [-0.2, 0) is 34.4 Å². The zero-order valence-electron chi connectivity index (χ0n) is 19.7. The minimum Gasteiger partial charge on any atom is -0.495 e. The normalized spacial score (nSPS) is 12.1. The number of hydrogen-bond donors (Lipinski definition) is 5. The van der Waals surface area contributed by atoms with E-state index in [4.69, 9.17) is 9.62 Å². The Hall–Kier alpha value is -3.52. The summed E-state index contributed by atoms with van der Waals surface area (Å²) in [6, 6.07) is 6.48. The number of azo groups is 1. The van der Waals surface area contributed by atoms with Crippen molar-refractivity contribution < 1.29 is 49.7 Å². The summed E-state index contributed by atoms with van der Waals surface area (Å²) in [7, 11) is -6.70. The number of amides is 1. The molecule has 0 unspecified atom stereocenters. The van der Waals surface area contributed by atoms with Gasteiger partial charge < -0.3 is 20.3 Å². The van der Waals surface area contributed by atoms with E-state index in [1.54, 1.807) is 7.05 Å². The number of rotatable bonds is 10. The molecule has 0 aliphatic rings. The van der Waals surface area contributed by atoms with E-state index in [0.29, 0.717) is 11.4 Å². The summed E-state index contributed by atoms with van der Waals surface area (Å²) in [6.45, 7) is 1.28. The SMILES string of the molecule is CNc1cc(NC(C)=O)c(N=Nc2cc3c(S(=O)(=O)O)ccc(S(=O)(=O)O)c3cc2OOOS)cc1OC. The van der Waals surface area contributed by atoms with Crippen molar-refractivity contribution in [3.63, 3.8) is 0 Å². The highest BCUT2D eigenvalue weighted by Crippen LogP contribution is 2.41. The molecule has 0 atom stereocenters. The number of hydrogen-bond acceptors (Lipinski definition) is 13. The van der Waals surface area contributed by atoms with E-state index in [-0.39, 0.29) is 33.6 Å². The van der Waals surface area contributed by atoms with Crippen molar-refractivity contribution in [1.29, 1.82) is 0 Å². The molecule has 0 spiro atoms. The quantitative estimate of drug-likeness (QED) is 0.0571. The third kappa shape index (κ3) is 6.48. The number of benzene rings is 3. The molecular formula is C20H20N4O11S3. The van der Waals surface area contributed by atoms with Crippen LogP contribution in [0.5, 0.6) is 11.5 Å². The number of anilines is 2. The van der Waals surface area contributed by atoms with Crippen LogP contribution in [0, 0.1) is 0 Å². The summed E-state index contributed by atoms with van der Waals surface area (Å²) in [6.07, 6.45) is 0. The molecule has 0 heterocycles. The van der Waals surface area contributed by atoms with Crippen LogP contribution >= 0.6 is 12.9 Å². The predicted octanol–water partition coefficient (Wildman–Crippen LogP) is 3.84. The Bertz CT molecular complexity index is 1640. The lowest BCUT2D eigenvalue weighted by atomic mass is 10.1. The van der Waals surface area contributed by atoms with Gasteiger partial charge in [-0.2, -0.15) is 16.8 Å². The summed E-state index contributed by atoms with van der Waals surface area (Å²) in [5.41, 5.74) is 0.567. The molecule has 204 valence electrons. The number of fused-ring (bicyclic) bond motifs is 1. The molecule has 1 amide bonds. The largest absolute Gasteiger partial charge is 0.495 e. The van der Waals surface area contributed by atoms with E-state index in [0.717, 1.165) is 24.3 Å². The average Bonchev–Trinajstić information content (AvgIpc) is 2.83. The highest BCUT2D eigenvalue weighted by Gasteiger charge is 2.24. The van der Waals surface area contributed by atoms with Crippen LogP contribution in [0.2, 0.25) is 0 Å². The monoisotopic (exact) mass is 588 g/mol. The molecule has 0 aromatic heterocycles. The van der Waals surface area contributed by atoms with Gasteiger partial charge in [-0.1, -0.05) is 0 Å². The van der Waals surface area contributed by atoms with Crippen LogP contribution in [0.4, 0.5) is 22.7 Å². The van der Waals surface area contributed by atoms with E-state index >= 15 is 0 Å². The van der Waals surface area contributed by atoms with E-state index in [2.05, 4.69) is 43.1 Å². The van der Waals surface area contributed by atoms with Crippen molar-refractivity contribution in [2.45, 2.75) is 16.7 Å². The highest BCUT2D eigenvalue weighted by atomic mass is 32.2. The van der Waals surface area contributed by atoms with Gasteiger partial charge in [-0.3, -0.25) is 13.9 Å². The Balaban J connectivity index is 2.33. The molecule has 3 aromatic rings. The van der Waals surface area contributed by atoms with E-state index in [9.17, 15) is 30.7 Å². The summed E-state index contributed by atoms with van der Waals surface area (Å²) in [5, 5.41) is 17.2. The summed E-state index contributed by atoms with van der Waals surface area (Å²) in [5.74, 6) is -0.449. The van der Waals surface area contributed by atoms with Gasteiger partial charge in [0.25, 0.3) is 20.2 Å². The second-order valence-electron chi connectivity index (χ2n) is 7.30. The molecule has 15 nitrogen and oxygen atoms in total. The summed E-state index contributed by atoms with van der Waals surface area (Å²) in [4.78, 5) is 15.2. The molecule has 18 heteroatoms. The Morgan fingerprint density at radius 3 is 1.97 bits per heavy atom. The van der Waals surface area contributed by atoms with Crippen LogP contribution in [-0.4, -0.2) is 46.0 Å². The molecule has 3 aromatic carbocycles. The third-order valence-electron chi connectivity index (χ3n) is 4.89. The number of carbonyl (C=O) groups excluding carboxylic acids is 1. The van der Waals surface area contributed by atoms with Crippen molar-refractivity contribution in [1.82, 2.24) is 0 Å². The maximum absolute atomic E-state index is 12.0. The van der Waals surface area contributed by atoms with Crippen molar-refractivity contribution >= 4 is 72.6 Å². The molecule has 0 saturated carbocycles. The van der Waals surface area contributed by atoms with Crippen LogP contribution in [0.15, 0.2) is 56.4 Å². The van der Waals surface area contributed by atoms with Gasteiger partial charge in [0.2, 0.25) is 5.91 Å². The standard InChI is InChI=1S/C20H20N4O11S3/c1-10(25)22-13-8-15(21-2)17(32-3)9-14(13)23-24-16-6-11-12(7-18(16)33-34-35-36)20(38(29,30)31)5-4-19(11)37(26,27)28/h4-9,21,36H,1-3H3,(H,22,25)(H,26,27,28)(H,29,30,31). The van der Waals surface area contributed by atoms with Crippen LogP contribution in [0.25, 0.3) is 10.8 Å². The van der Waals surface area contributed by atoms with Crippen LogP contribution in [0.1, 0.15) is 6.92 Å². The number of methoxy groups -OCH3 is 1. The Morgan fingerprint density at radius 2 is 1.47 bits per heavy atom. The van der Waals surface area contributed by atoms with Crippen molar-refractivity contribution in [2.75, 3.05) is 24.8 Å². The molecule has 0 aliphatic heterocycles. The predicted molar refractivity (Wildman–Crippen MR) is 136 cm³/mol. The third-order valence-corrected chi connectivity index (χ3v) is 6.77. The Kier molecular flexibility index (Phi) is 8.77. The Labute approximate surface area is 221 Å². The summed E-state index contributed by atoms with van der Waals surface area (Å²) >= 11 is 3.36. The van der Waals surface area contributed by atoms with Gasteiger partial charge in [0.15, 0.2) is 5.75 Å². The molecule has 0 radical (unpaired) electrons. The van der Waals surface area contributed by atoms with E-state index in [1.165, 1.54) is 26.2 Å². The first-order chi connectivity index (χ1) is 17.8. The first-order valence-corrected chi connectivity index (χ1v) is 13.3. The number of carbonyl (C=O) groups is 1. The first kappa shape index (κ1) is 29.0. The minimum absolute atomic E-state index is 0.0927. The van der Waals surface area contributed by atoms with E-state index in [1.807, 2.05) is 0 Å². The fourth-order valence-corrected chi connectivity index (χ4v) is 4.77. The lowest BCUT2D eigenvalue weighted by Crippen LogP contribution is -2.07. The zero-order chi connectivity index (χ0) is 28.3.